The normalized spacial score (nSPS) is 11.1. The topological polar surface area (TPSA) is 13.1 Å². The van der Waals surface area contributed by atoms with Crippen molar-refractivity contribution < 1.29 is 9.30 Å². The van der Waals surface area contributed by atoms with E-state index in [0.29, 0.717) is 0 Å². The molecule has 3 rings (SSSR count). The molecule has 3 aromatic rings. The minimum atomic E-state index is 0.813. The van der Waals surface area contributed by atoms with Crippen molar-refractivity contribution in [2.45, 2.75) is 77.7 Å². The van der Waals surface area contributed by atoms with Gasteiger partial charge in [0, 0.05) is 17.5 Å². The Morgan fingerprint density at radius 3 is 2.10 bits per heavy atom. The van der Waals surface area contributed by atoms with Gasteiger partial charge in [0.25, 0.3) is 0 Å². The molecule has 0 spiro atoms. The summed E-state index contributed by atoms with van der Waals surface area (Å²) in [6.45, 7) is 3.92. The molecule has 0 amide bonds. The third kappa shape index (κ3) is 7.16. The molecular weight excluding hydrogens is 366 g/mol. The summed E-state index contributed by atoms with van der Waals surface area (Å²) in [5, 5.41) is 1.27. The molecule has 0 aliphatic heterocycles. The number of pyridine rings is 1. The third-order valence-corrected chi connectivity index (χ3v) is 5.86. The maximum Gasteiger partial charge on any atom is 0.212 e. The lowest BCUT2D eigenvalue weighted by molar-refractivity contribution is -0.662. The zero-order chi connectivity index (χ0) is 20.9. The molecule has 0 radical (unpaired) electrons. The largest absolute Gasteiger partial charge is 0.493 e. The van der Waals surface area contributed by atoms with Gasteiger partial charge in [-0.3, -0.25) is 0 Å². The second-order valence-corrected chi connectivity index (χ2v) is 8.33. The van der Waals surface area contributed by atoms with Gasteiger partial charge in [-0.25, -0.2) is 0 Å². The Balaban J connectivity index is 1.41. The lowest BCUT2D eigenvalue weighted by Gasteiger charge is -2.10. The maximum absolute atomic E-state index is 6.18. The van der Waals surface area contributed by atoms with E-state index in [-0.39, 0.29) is 0 Å². The molecule has 0 N–H and O–H groups in total. The van der Waals surface area contributed by atoms with Crippen molar-refractivity contribution in [3.63, 3.8) is 0 Å². The molecule has 0 atom stereocenters. The van der Waals surface area contributed by atoms with Gasteiger partial charge in [-0.05, 0) is 30.7 Å². The molecule has 2 nitrogen and oxygen atoms in total. The van der Waals surface area contributed by atoms with Crippen molar-refractivity contribution in [1.82, 2.24) is 0 Å². The van der Waals surface area contributed by atoms with Gasteiger partial charge < -0.3 is 4.74 Å². The average Bonchev–Trinajstić information content (AvgIpc) is 2.79. The van der Waals surface area contributed by atoms with Gasteiger partial charge in [-0.1, -0.05) is 89.0 Å². The zero-order valence-corrected chi connectivity index (χ0v) is 18.7. The highest BCUT2D eigenvalue weighted by molar-refractivity contribution is 5.74. The van der Waals surface area contributed by atoms with Crippen LogP contribution in [0.15, 0.2) is 66.9 Å². The molecule has 2 heteroatoms. The van der Waals surface area contributed by atoms with E-state index in [1.807, 2.05) is 0 Å². The fourth-order valence-corrected chi connectivity index (χ4v) is 4.09. The van der Waals surface area contributed by atoms with E-state index in [1.54, 1.807) is 0 Å². The van der Waals surface area contributed by atoms with Crippen LogP contribution < -0.4 is 9.30 Å². The quantitative estimate of drug-likeness (QED) is 0.200. The van der Waals surface area contributed by atoms with Crippen LogP contribution in [0, 0.1) is 0 Å². The fourth-order valence-electron chi connectivity index (χ4n) is 4.09. The second-order valence-electron chi connectivity index (χ2n) is 8.33. The van der Waals surface area contributed by atoms with Crippen LogP contribution >= 0.6 is 0 Å². The van der Waals surface area contributed by atoms with E-state index in [2.05, 4.69) is 78.4 Å². The number of ether oxygens (including phenoxy) is 1. The molecule has 0 bridgehead atoms. The molecule has 0 saturated carbocycles. The summed E-state index contributed by atoms with van der Waals surface area (Å²) in [5.41, 5.74) is 2.50. The van der Waals surface area contributed by atoms with Crippen molar-refractivity contribution in [1.29, 1.82) is 0 Å². The molecule has 1 aromatic heterocycles. The molecule has 30 heavy (non-hydrogen) atoms. The Labute approximate surface area is 182 Å². The van der Waals surface area contributed by atoms with E-state index in [4.69, 9.17) is 4.74 Å². The molecule has 1 heterocycles. The molecule has 0 aliphatic rings. The molecule has 0 saturated heterocycles. The fraction of sp³-hybridized carbons (Fsp3) is 0.464. The Bertz CT molecular complexity index is 868. The van der Waals surface area contributed by atoms with Crippen molar-refractivity contribution >= 4 is 10.9 Å². The lowest BCUT2D eigenvalue weighted by atomic mass is 10.1. The Hall–Kier alpha value is -2.35. The molecule has 160 valence electrons. The molecule has 2 aromatic carbocycles. The smallest absolute Gasteiger partial charge is 0.212 e. The van der Waals surface area contributed by atoms with Gasteiger partial charge in [-0.2, -0.15) is 4.57 Å². The first-order valence-electron chi connectivity index (χ1n) is 12.0. The SMILES string of the molecule is CCCCCCCCCCCCOc1ccccc1C[n+]1cccc2ccccc21. The number of hydrogen-bond donors (Lipinski definition) is 0. The number of nitrogens with zero attached hydrogens (tertiary/aromatic N) is 1. The minimum absolute atomic E-state index is 0.813. The predicted octanol–water partition coefficient (Wildman–Crippen LogP) is 7.48. The average molecular weight is 405 g/mol. The van der Waals surface area contributed by atoms with Gasteiger partial charge in [0.15, 0.2) is 12.7 Å². The highest BCUT2D eigenvalue weighted by Crippen LogP contribution is 2.19. The number of para-hydroxylation sites is 2. The summed E-state index contributed by atoms with van der Waals surface area (Å²) in [6.07, 6.45) is 15.7. The standard InChI is InChI=1S/C28H38NO/c1-2-3-4-5-6-7-8-9-10-15-23-30-28-21-14-12-18-26(28)24-29-22-16-19-25-17-11-13-20-27(25)29/h11-14,16-22H,2-10,15,23-24H2,1H3/q+1. The maximum atomic E-state index is 6.18. The number of unbranched alkanes of at least 4 members (excludes halogenated alkanes) is 9. The van der Waals surface area contributed by atoms with Crippen molar-refractivity contribution in [3.05, 3.63) is 72.4 Å². The first kappa shape index (κ1) is 22.3. The summed E-state index contributed by atoms with van der Waals surface area (Å²) in [6, 6.07) is 21.3. The van der Waals surface area contributed by atoms with Gasteiger partial charge in [0.05, 0.1) is 12.2 Å². The van der Waals surface area contributed by atoms with Crippen LogP contribution in [0.3, 0.4) is 0 Å². The monoisotopic (exact) mass is 404 g/mol. The van der Waals surface area contributed by atoms with E-state index in [9.17, 15) is 0 Å². The summed E-state index contributed by atoms with van der Waals surface area (Å²) < 4.78 is 8.48. The van der Waals surface area contributed by atoms with Crippen LogP contribution in [-0.2, 0) is 6.54 Å². The van der Waals surface area contributed by atoms with Gasteiger partial charge >= 0.3 is 0 Å². The minimum Gasteiger partial charge on any atom is -0.493 e. The lowest BCUT2D eigenvalue weighted by Crippen LogP contribution is -2.34. The summed E-state index contributed by atoms with van der Waals surface area (Å²) in [7, 11) is 0. The predicted molar refractivity (Wildman–Crippen MR) is 127 cm³/mol. The number of rotatable bonds is 14. The van der Waals surface area contributed by atoms with Crippen LogP contribution in [0.2, 0.25) is 0 Å². The Morgan fingerprint density at radius 2 is 1.30 bits per heavy atom. The molecule has 0 aliphatic carbocycles. The van der Waals surface area contributed by atoms with Gasteiger partial charge in [0.1, 0.15) is 5.75 Å². The summed E-state index contributed by atoms with van der Waals surface area (Å²) in [5.74, 6) is 1.02. The Morgan fingerprint density at radius 1 is 0.667 bits per heavy atom. The third-order valence-electron chi connectivity index (χ3n) is 5.86. The van der Waals surface area contributed by atoms with Crippen LogP contribution in [0.5, 0.6) is 5.75 Å². The molecular formula is C28H38NO+. The summed E-state index contributed by atoms with van der Waals surface area (Å²) >= 11 is 0. The number of aromatic nitrogens is 1. The van der Waals surface area contributed by atoms with Crippen LogP contribution in [-0.4, -0.2) is 6.61 Å². The van der Waals surface area contributed by atoms with Crippen LogP contribution in [0.25, 0.3) is 10.9 Å². The van der Waals surface area contributed by atoms with E-state index in [0.717, 1.165) is 25.3 Å². The first-order valence-corrected chi connectivity index (χ1v) is 12.0. The van der Waals surface area contributed by atoms with Crippen LogP contribution in [0.1, 0.15) is 76.7 Å². The van der Waals surface area contributed by atoms with Gasteiger partial charge in [-0.15, -0.1) is 0 Å². The van der Waals surface area contributed by atoms with Gasteiger partial charge in [0.2, 0.25) is 5.52 Å². The number of fused-ring (bicyclic) bond motifs is 1. The van der Waals surface area contributed by atoms with E-state index < -0.39 is 0 Å². The molecule has 0 fully saturated rings. The van der Waals surface area contributed by atoms with Crippen molar-refractivity contribution in [3.8, 4) is 5.75 Å². The highest BCUT2D eigenvalue weighted by Gasteiger charge is 2.12. The van der Waals surface area contributed by atoms with E-state index in [1.165, 1.54) is 74.3 Å². The molecule has 0 unspecified atom stereocenters. The first-order chi connectivity index (χ1) is 14.9. The number of hydrogen-bond acceptors (Lipinski definition) is 1. The zero-order valence-electron chi connectivity index (χ0n) is 18.7. The highest BCUT2D eigenvalue weighted by atomic mass is 16.5. The van der Waals surface area contributed by atoms with Crippen molar-refractivity contribution in [2.24, 2.45) is 0 Å². The van der Waals surface area contributed by atoms with E-state index >= 15 is 0 Å². The van der Waals surface area contributed by atoms with Crippen molar-refractivity contribution in [2.75, 3.05) is 6.61 Å². The summed E-state index contributed by atoms with van der Waals surface area (Å²) in [4.78, 5) is 0. The number of benzene rings is 2. The second kappa shape index (κ2) is 13.1. The van der Waals surface area contributed by atoms with Crippen LogP contribution in [0.4, 0.5) is 0 Å². The Kier molecular flexibility index (Phi) is 9.72.